The highest BCUT2D eigenvalue weighted by atomic mass is 32.2. The number of hydrogen-bond acceptors (Lipinski definition) is 2. The number of thioether (sulfide) groups is 1. The molecule has 0 heterocycles. The van der Waals surface area contributed by atoms with E-state index in [0.717, 1.165) is 17.8 Å². The summed E-state index contributed by atoms with van der Waals surface area (Å²) in [5.74, 6) is -1.36. The Kier molecular flexibility index (Phi) is 4.29. The Bertz CT molecular complexity index is 396. The lowest BCUT2D eigenvalue weighted by Crippen LogP contribution is -2.29. The van der Waals surface area contributed by atoms with Gasteiger partial charge in [-0.1, -0.05) is 0 Å². The molecule has 0 aliphatic carbocycles. The molecule has 1 atom stereocenters. The molecule has 1 rings (SSSR count). The van der Waals surface area contributed by atoms with Crippen molar-refractivity contribution in [2.75, 3.05) is 14.1 Å². The van der Waals surface area contributed by atoms with E-state index in [-0.39, 0.29) is 10.8 Å². The van der Waals surface area contributed by atoms with Gasteiger partial charge in [-0.3, -0.25) is 4.79 Å². The van der Waals surface area contributed by atoms with Crippen LogP contribution in [0.5, 0.6) is 0 Å². The van der Waals surface area contributed by atoms with Crippen molar-refractivity contribution >= 4 is 17.7 Å². The van der Waals surface area contributed by atoms with E-state index in [1.807, 2.05) is 0 Å². The minimum atomic E-state index is -0.636. The summed E-state index contributed by atoms with van der Waals surface area (Å²) in [4.78, 5) is 13.3. The number of carbonyl (C=O) groups is 1. The molecule has 0 N–H and O–H groups in total. The van der Waals surface area contributed by atoms with E-state index in [0.29, 0.717) is 0 Å². The monoisotopic (exact) mass is 245 g/mol. The van der Waals surface area contributed by atoms with E-state index in [1.165, 1.54) is 17.0 Å². The van der Waals surface area contributed by atoms with Crippen molar-refractivity contribution < 1.29 is 13.6 Å². The summed E-state index contributed by atoms with van der Waals surface area (Å²) in [6, 6.07) is 3.34. The molecule has 1 aromatic rings. The van der Waals surface area contributed by atoms with E-state index in [1.54, 1.807) is 21.0 Å². The number of benzene rings is 1. The van der Waals surface area contributed by atoms with Gasteiger partial charge in [-0.15, -0.1) is 11.8 Å². The number of halogens is 2. The van der Waals surface area contributed by atoms with Gasteiger partial charge in [0.2, 0.25) is 5.91 Å². The molecule has 0 spiro atoms. The fourth-order valence-corrected chi connectivity index (χ4v) is 2.19. The van der Waals surface area contributed by atoms with Crippen LogP contribution < -0.4 is 0 Å². The maximum atomic E-state index is 13.3. The molecule has 2 nitrogen and oxygen atoms in total. The number of rotatable bonds is 3. The summed E-state index contributed by atoms with van der Waals surface area (Å²) in [5, 5.41) is -0.394. The third-order valence-corrected chi connectivity index (χ3v) is 3.13. The molecule has 5 heteroatoms. The first kappa shape index (κ1) is 13.0. The van der Waals surface area contributed by atoms with Gasteiger partial charge in [0.15, 0.2) is 0 Å². The fourth-order valence-electron chi connectivity index (χ4n) is 1.18. The number of nitrogens with zero attached hydrogens (tertiary/aromatic N) is 1. The zero-order chi connectivity index (χ0) is 12.3. The van der Waals surface area contributed by atoms with Crippen LogP contribution in [-0.2, 0) is 4.79 Å². The molecule has 0 aliphatic heterocycles. The quantitative estimate of drug-likeness (QED) is 0.763. The Hall–Kier alpha value is -1.10. The Labute approximate surface area is 97.6 Å². The van der Waals surface area contributed by atoms with Crippen LogP contribution >= 0.6 is 11.8 Å². The maximum absolute atomic E-state index is 13.3. The highest BCUT2D eigenvalue weighted by Gasteiger charge is 2.17. The van der Waals surface area contributed by atoms with E-state index in [4.69, 9.17) is 0 Å². The Morgan fingerprint density at radius 3 is 2.50 bits per heavy atom. The van der Waals surface area contributed by atoms with Gasteiger partial charge >= 0.3 is 0 Å². The van der Waals surface area contributed by atoms with Gasteiger partial charge in [0.05, 0.1) is 5.25 Å². The molecule has 0 radical (unpaired) electrons. The predicted molar refractivity (Wildman–Crippen MR) is 60.4 cm³/mol. The van der Waals surface area contributed by atoms with Crippen LogP contribution in [0.2, 0.25) is 0 Å². The van der Waals surface area contributed by atoms with Crippen molar-refractivity contribution in [1.29, 1.82) is 0 Å². The summed E-state index contributed by atoms with van der Waals surface area (Å²) in [6.07, 6.45) is 0. The molecule has 0 aromatic heterocycles. The molecule has 0 aliphatic rings. The smallest absolute Gasteiger partial charge is 0.235 e. The highest BCUT2D eigenvalue weighted by Crippen LogP contribution is 2.27. The van der Waals surface area contributed by atoms with E-state index >= 15 is 0 Å². The van der Waals surface area contributed by atoms with Crippen molar-refractivity contribution in [3.8, 4) is 0 Å². The second-order valence-electron chi connectivity index (χ2n) is 3.57. The topological polar surface area (TPSA) is 20.3 Å². The third kappa shape index (κ3) is 3.20. The minimum Gasteiger partial charge on any atom is -0.348 e. The summed E-state index contributed by atoms with van der Waals surface area (Å²) in [7, 11) is 3.28. The van der Waals surface area contributed by atoms with E-state index < -0.39 is 16.9 Å². The molecule has 1 unspecified atom stereocenters. The van der Waals surface area contributed by atoms with Crippen LogP contribution in [0.15, 0.2) is 23.1 Å². The molecule has 0 fully saturated rings. The predicted octanol–water partition coefficient (Wildman–Crippen LogP) is 2.53. The molecule has 1 aromatic carbocycles. The van der Waals surface area contributed by atoms with E-state index in [9.17, 15) is 13.6 Å². The minimum absolute atomic E-state index is 0.103. The van der Waals surface area contributed by atoms with Gasteiger partial charge in [0.1, 0.15) is 11.6 Å². The van der Waals surface area contributed by atoms with Gasteiger partial charge in [-0.25, -0.2) is 8.78 Å². The molecule has 16 heavy (non-hydrogen) atoms. The average molecular weight is 245 g/mol. The van der Waals surface area contributed by atoms with Crippen molar-refractivity contribution in [3.05, 3.63) is 29.8 Å². The van der Waals surface area contributed by atoms with Gasteiger partial charge < -0.3 is 4.90 Å². The maximum Gasteiger partial charge on any atom is 0.235 e. The lowest BCUT2D eigenvalue weighted by atomic mass is 10.3. The molecule has 0 saturated carbocycles. The van der Waals surface area contributed by atoms with Gasteiger partial charge in [0, 0.05) is 25.1 Å². The number of amides is 1. The van der Waals surface area contributed by atoms with Crippen molar-refractivity contribution in [3.63, 3.8) is 0 Å². The second kappa shape index (κ2) is 5.30. The van der Waals surface area contributed by atoms with Crippen LogP contribution in [0.3, 0.4) is 0 Å². The fraction of sp³-hybridized carbons (Fsp3) is 0.364. The van der Waals surface area contributed by atoms with Crippen LogP contribution in [0.4, 0.5) is 8.78 Å². The van der Waals surface area contributed by atoms with Gasteiger partial charge in [-0.2, -0.15) is 0 Å². The lowest BCUT2D eigenvalue weighted by molar-refractivity contribution is -0.127. The first-order chi connectivity index (χ1) is 7.41. The normalized spacial score (nSPS) is 12.3. The largest absolute Gasteiger partial charge is 0.348 e. The van der Waals surface area contributed by atoms with Crippen molar-refractivity contribution in [2.24, 2.45) is 0 Å². The zero-order valence-corrected chi connectivity index (χ0v) is 10.1. The summed E-state index contributed by atoms with van der Waals surface area (Å²) in [5.41, 5.74) is 0. The Morgan fingerprint density at radius 2 is 2.00 bits per heavy atom. The molecular formula is C11H13F2NOS. The first-order valence-corrected chi connectivity index (χ1v) is 5.62. The van der Waals surface area contributed by atoms with Crippen molar-refractivity contribution in [2.45, 2.75) is 17.1 Å². The first-order valence-electron chi connectivity index (χ1n) is 4.74. The van der Waals surface area contributed by atoms with E-state index in [2.05, 4.69) is 0 Å². The summed E-state index contributed by atoms with van der Waals surface area (Å²) >= 11 is 1.08. The summed E-state index contributed by atoms with van der Waals surface area (Å²) in [6.45, 7) is 1.69. The van der Waals surface area contributed by atoms with Crippen LogP contribution in [-0.4, -0.2) is 30.2 Å². The van der Waals surface area contributed by atoms with Gasteiger partial charge in [0.25, 0.3) is 0 Å². The molecule has 1 amide bonds. The standard InChI is InChI=1S/C11H13F2NOS/c1-7(11(15)14(2)3)16-10-5-4-8(12)6-9(10)13/h4-7H,1-3H3. The Morgan fingerprint density at radius 1 is 1.38 bits per heavy atom. The van der Waals surface area contributed by atoms with Crippen LogP contribution in [0, 0.1) is 11.6 Å². The molecule has 0 bridgehead atoms. The van der Waals surface area contributed by atoms with Crippen LogP contribution in [0.1, 0.15) is 6.92 Å². The lowest BCUT2D eigenvalue weighted by Gasteiger charge is -2.16. The number of hydrogen-bond donors (Lipinski definition) is 0. The summed E-state index contributed by atoms with van der Waals surface area (Å²) < 4.78 is 25.9. The molecule has 88 valence electrons. The average Bonchev–Trinajstić information content (AvgIpc) is 2.20. The van der Waals surface area contributed by atoms with Crippen LogP contribution in [0.25, 0.3) is 0 Å². The molecular weight excluding hydrogens is 232 g/mol. The third-order valence-electron chi connectivity index (χ3n) is 1.99. The SMILES string of the molecule is CC(Sc1ccc(F)cc1F)C(=O)N(C)C. The van der Waals surface area contributed by atoms with Gasteiger partial charge in [-0.05, 0) is 19.1 Å². The second-order valence-corrected chi connectivity index (χ2v) is 4.95. The Balaban J connectivity index is 2.77. The highest BCUT2D eigenvalue weighted by molar-refractivity contribution is 8.00. The zero-order valence-electron chi connectivity index (χ0n) is 9.33. The van der Waals surface area contributed by atoms with Crippen molar-refractivity contribution in [1.82, 2.24) is 4.90 Å². The molecule has 0 saturated heterocycles. The number of carbonyl (C=O) groups excluding carboxylic acids is 1.